The molecule has 0 fully saturated rings. The Morgan fingerprint density at radius 1 is 1.19 bits per heavy atom. The molecule has 1 aromatic carbocycles. The zero-order chi connectivity index (χ0) is 18.8. The van der Waals surface area contributed by atoms with Crippen molar-refractivity contribution in [3.05, 3.63) is 64.9 Å². The number of halogens is 2. The van der Waals surface area contributed by atoms with E-state index < -0.39 is 0 Å². The lowest BCUT2D eigenvalue weighted by molar-refractivity contribution is 0.458. The minimum Gasteiger partial charge on any atom is -0.439 e. The highest BCUT2D eigenvalue weighted by Gasteiger charge is 2.13. The van der Waals surface area contributed by atoms with E-state index in [-0.39, 0.29) is 5.82 Å². The quantitative estimate of drug-likeness (QED) is 0.516. The molecule has 0 aliphatic carbocycles. The lowest BCUT2D eigenvalue weighted by atomic mass is 10.3. The molecule has 0 atom stereocenters. The standard InChI is InChI=1S/C18H14BrFN6O/c1-26-18-15(16(19)25-26)17(23-10-24-18)22-9-11-5-6-14(21-8-11)27-13-4-2-3-12(20)7-13/h2-8,10H,9H2,1H3,(H,22,23,24). The van der Waals surface area contributed by atoms with Crippen molar-refractivity contribution in [1.82, 2.24) is 24.7 Å². The topological polar surface area (TPSA) is 77.8 Å². The number of benzene rings is 1. The number of nitrogens with one attached hydrogen (secondary N) is 1. The number of hydrogen-bond donors (Lipinski definition) is 1. The third-order valence-corrected chi connectivity index (χ3v) is 4.41. The van der Waals surface area contributed by atoms with Gasteiger partial charge in [-0.15, -0.1) is 0 Å². The number of fused-ring (bicyclic) bond motifs is 1. The molecule has 3 heterocycles. The van der Waals surface area contributed by atoms with Gasteiger partial charge in [-0.2, -0.15) is 5.10 Å². The molecular formula is C18H14BrFN6O. The van der Waals surface area contributed by atoms with E-state index in [4.69, 9.17) is 4.74 Å². The molecule has 0 bridgehead atoms. The fourth-order valence-electron chi connectivity index (χ4n) is 2.59. The molecule has 4 aromatic rings. The van der Waals surface area contributed by atoms with Gasteiger partial charge < -0.3 is 10.1 Å². The van der Waals surface area contributed by atoms with Crippen molar-refractivity contribution in [3.63, 3.8) is 0 Å². The van der Waals surface area contributed by atoms with Crippen molar-refractivity contribution in [2.45, 2.75) is 6.54 Å². The summed E-state index contributed by atoms with van der Waals surface area (Å²) in [6.07, 6.45) is 3.19. The van der Waals surface area contributed by atoms with Crippen LogP contribution in [-0.4, -0.2) is 24.7 Å². The maximum atomic E-state index is 13.2. The average Bonchev–Trinajstić information content (AvgIpc) is 2.96. The number of aromatic nitrogens is 5. The first-order valence-electron chi connectivity index (χ1n) is 8.05. The Morgan fingerprint density at radius 3 is 2.85 bits per heavy atom. The number of nitrogens with zero attached hydrogens (tertiary/aromatic N) is 5. The Hall–Kier alpha value is -3.07. The van der Waals surface area contributed by atoms with Gasteiger partial charge in [0.25, 0.3) is 0 Å². The SMILES string of the molecule is Cn1nc(Br)c2c(NCc3ccc(Oc4cccc(F)c4)nc3)ncnc21. The molecule has 0 spiro atoms. The number of pyridine rings is 1. The van der Waals surface area contributed by atoms with Crippen LogP contribution in [0.3, 0.4) is 0 Å². The van der Waals surface area contributed by atoms with Crippen LogP contribution in [0.2, 0.25) is 0 Å². The van der Waals surface area contributed by atoms with E-state index in [0.29, 0.717) is 28.6 Å². The van der Waals surface area contributed by atoms with Gasteiger partial charge in [0.05, 0.1) is 5.39 Å². The fraction of sp³-hybridized carbons (Fsp3) is 0.111. The second kappa shape index (κ2) is 7.28. The van der Waals surface area contributed by atoms with Gasteiger partial charge in [-0.25, -0.2) is 24.0 Å². The smallest absolute Gasteiger partial charge is 0.219 e. The maximum Gasteiger partial charge on any atom is 0.219 e. The summed E-state index contributed by atoms with van der Waals surface area (Å²) in [5.41, 5.74) is 1.67. The maximum absolute atomic E-state index is 13.2. The van der Waals surface area contributed by atoms with Crippen LogP contribution in [0.4, 0.5) is 10.2 Å². The second-order valence-electron chi connectivity index (χ2n) is 5.75. The fourth-order valence-corrected chi connectivity index (χ4v) is 3.19. The summed E-state index contributed by atoms with van der Waals surface area (Å²) in [7, 11) is 1.82. The van der Waals surface area contributed by atoms with E-state index in [1.807, 2.05) is 13.1 Å². The number of aryl methyl sites for hydroxylation is 1. The first kappa shape index (κ1) is 17.3. The summed E-state index contributed by atoms with van der Waals surface area (Å²) in [5.74, 6) is 1.12. The highest BCUT2D eigenvalue weighted by Crippen LogP contribution is 2.27. The zero-order valence-electron chi connectivity index (χ0n) is 14.2. The van der Waals surface area contributed by atoms with E-state index in [1.165, 1.54) is 18.5 Å². The Kier molecular flexibility index (Phi) is 4.68. The Bertz CT molecular complexity index is 1100. The summed E-state index contributed by atoms with van der Waals surface area (Å²) in [6.45, 7) is 0.515. The first-order chi connectivity index (χ1) is 13.1. The summed E-state index contributed by atoms with van der Waals surface area (Å²) in [4.78, 5) is 12.8. The lowest BCUT2D eigenvalue weighted by Gasteiger charge is -2.08. The number of ether oxygens (including phenoxy) is 1. The highest BCUT2D eigenvalue weighted by molar-refractivity contribution is 9.10. The molecule has 7 nitrogen and oxygen atoms in total. The van der Waals surface area contributed by atoms with E-state index in [0.717, 1.165) is 16.6 Å². The minimum absolute atomic E-state index is 0.356. The summed E-state index contributed by atoms with van der Waals surface area (Å²) in [6, 6.07) is 9.54. The molecule has 0 aliphatic rings. The van der Waals surface area contributed by atoms with Crippen molar-refractivity contribution < 1.29 is 9.13 Å². The normalized spacial score (nSPS) is 10.9. The Balaban J connectivity index is 1.46. The molecule has 0 unspecified atom stereocenters. The molecule has 0 saturated carbocycles. The molecule has 136 valence electrons. The molecular weight excluding hydrogens is 415 g/mol. The minimum atomic E-state index is -0.356. The van der Waals surface area contributed by atoms with Crippen LogP contribution < -0.4 is 10.1 Å². The summed E-state index contributed by atoms with van der Waals surface area (Å²) < 4.78 is 21.1. The van der Waals surface area contributed by atoms with Gasteiger partial charge in [0.15, 0.2) is 5.65 Å². The van der Waals surface area contributed by atoms with E-state index in [1.54, 1.807) is 29.1 Å². The summed E-state index contributed by atoms with van der Waals surface area (Å²) in [5, 5.41) is 8.39. The monoisotopic (exact) mass is 428 g/mol. The van der Waals surface area contributed by atoms with Crippen LogP contribution >= 0.6 is 15.9 Å². The van der Waals surface area contributed by atoms with E-state index >= 15 is 0 Å². The second-order valence-corrected chi connectivity index (χ2v) is 6.50. The predicted octanol–water partition coefficient (Wildman–Crippen LogP) is 4.06. The van der Waals surface area contributed by atoms with Gasteiger partial charge >= 0.3 is 0 Å². The van der Waals surface area contributed by atoms with E-state index in [9.17, 15) is 4.39 Å². The predicted molar refractivity (Wildman–Crippen MR) is 102 cm³/mol. The van der Waals surface area contributed by atoms with Gasteiger partial charge in [-0.1, -0.05) is 12.1 Å². The molecule has 27 heavy (non-hydrogen) atoms. The zero-order valence-corrected chi connectivity index (χ0v) is 15.8. The Labute approximate surface area is 162 Å². The molecule has 4 rings (SSSR count). The third-order valence-electron chi connectivity index (χ3n) is 3.85. The van der Waals surface area contributed by atoms with Crippen LogP contribution in [0.15, 0.2) is 53.5 Å². The molecule has 1 N–H and O–H groups in total. The molecule has 0 aliphatic heterocycles. The molecule has 0 saturated heterocycles. The molecule has 0 amide bonds. The molecule has 0 radical (unpaired) electrons. The van der Waals surface area contributed by atoms with Gasteiger partial charge in [0.1, 0.15) is 28.3 Å². The largest absolute Gasteiger partial charge is 0.439 e. The highest BCUT2D eigenvalue weighted by atomic mass is 79.9. The van der Waals surface area contributed by atoms with E-state index in [2.05, 4.69) is 41.3 Å². The first-order valence-corrected chi connectivity index (χ1v) is 8.85. The van der Waals surface area contributed by atoms with Crippen LogP contribution in [-0.2, 0) is 13.6 Å². The number of anilines is 1. The summed E-state index contributed by atoms with van der Waals surface area (Å²) >= 11 is 3.43. The number of rotatable bonds is 5. The van der Waals surface area contributed by atoms with Crippen LogP contribution in [0.5, 0.6) is 11.6 Å². The van der Waals surface area contributed by atoms with Crippen LogP contribution in [0, 0.1) is 5.82 Å². The Morgan fingerprint density at radius 2 is 2.07 bits per heavy atom. The third kappa shape index (κ3) is 3.72. The number of hydrogen-bond acceptors (Lipinski definition) is 6. The van der Waals surface area contributed by atoms with Crippen molar-refractivity contribution in [3.8, 4) is 11.6 Å². The molecule has 9 heteroatoms. The average molecular weight is 429 g/mol. The van der Waals surface area contributed by atoms with Gasteiger partial charge in [0, 0.05) is 31.9 Å². The van der Waals surface area contributed by atoms with Crippen molar-refractivity contribution in [2.75, 3.05) is 5.32 Å². The van der Waals surface area contributed by atoms with Crippen molar-refractivity contribution >= 4 is 32.8 Å². The van der Waals surface area contributed by atoms with Crippen LogP contribution in [0.1, 0.15) is 5.56 Å². The van der Waals surface area contributed by atoms with Crippen molar-refractivity contribution in [1.29, 1.82) is 0 Å². The lowest BCUT2D eigenvalue weighted by Crippen LogP contribution is -2.03. The van der Waals surface area contributed by atoms with Gasteiger partial charge in [0.2, 0.25) is 5.88 Å². The van der Waals surface area contributed by atoms with Gasteiger partial charge in [-0.3, -0.25) is 0 Å². The molecule has 3 aromatic heterocycles. The van der Waals surface area contributed by atoms with Crippen molar-refractivity contribution in [2.24, 2.45) is 7.05 Å². The van der Waals surface area contributed by atoms with Gasteiger partial charge in [-0.05, 0) is 33.6 Å². The van der Waals surface area contributed by atoms with Crippen LogP contribution in [0.25, 0.3) is 11.0 Å².